The molecule has 3 aliphatic heterocycles. The monoisotopic (exact) mass is 1100 g/mol. The first-order valence-electron chi connectivity index (χ1n) is 26.1. The number of carbonyl (C=O) groups excluding carboxylic acids is 7. The molecule has 0 radical (unpaired) electrons. The van der Waals surface area contributed by atoms with Crippen molar-refractivity contribution < 1.29 is 56.7 Å². The van der Waals surface area contributed by atoms with Crippen LogP contribution in [0.2, 0.25) is 0 Å². The van der Waals surface area contributed by atoms with Gasteiger partial charge >= 0.3 is 0 Å². The first-order chi connectivity index (χ1) is 37.5. The molecule has 0 saturated carbocycles. The lowest BCUT2D eigenvalue weighted by atomic mass is 10.0. The normalized spacial score (nSPS) is 15.9. The number of nitrogens with zero attached hydrogens (tertiary/aromatic N) is 5. The van der Waals surface area contributed by atoms with Crippen molar-refractivity contribution in [3.05, 3.63) is 89.6 Å². The third kappa shape index (κ3) is 17.1. The number of fused-ring (bicyclic) bond motifs is 1. The molecule has 0 bridgehead atoms. The molecule has 418 valence electrons. The molecule has 0 aliphatic carbocycles. The van der Waals surface area contributed by atoms with Gasteiger partial charge in [-0.15, -0.1) is 0 Å². The Balaban J connectivity index is 0.665. The van der Waals surface area contributed by atoms with Gasteiger partial charge in [0.2, 0.25) is 29.6 Å². The first-order valence-corrected chi connectivity index (χ1v) is 27.2. The summed E-state index contributed by atoms with van der Waals surface area (Å²) in [5, 5.41) is 14.3. The van der Waals surface area contributed by atoms with E-state index in [1.807, 2.05) is 81.1 Å². The number of amides is 7. The number of carbonyl (C=O) groups is 7. The van der Waals surface area contributed by atoms with Gasteiger partial charge in [0.05, 0.1) is 42.4 Å². The van der Waals surface area contributed by atoms with Crippen molar-refractivity contribution in [3.8, 4) is 5.75 Å². The number of ether oxygens (including phenoxy) is 4. The van der Waals surface area contributed by atoms with Crippen molar-refractivity contribution in [3.63, 3.8) is 0 Å². The van der Waals surface area contributed by atoms with E-state index < -0.39 is 53.2 Å². The summed E-state index contributed by atoms with van der Waals surface area (Å²) in [7, 11) is -1.37. The molecular weight excluding hydrogens is 1030 g/mol. The Morgan fingerprint density at radius 1 is 0.769 bits per heavy atom. The van der Waals surface area contributed by atoms with E-state index in [0.29, 0.717) is 108 Å². The van der Waals surface area contributed by atoms with E-state index in [0.717, 1.165) is 27.5 Å². The maximum Gasteiger partial charge on any atom is 0.266 e. The van der Waals surface area contributed by atoms with E-state index in [2.05, 4.69) is 41.2 Å². The first kappa shape index (κ1) is 58.3. The summed E-state index contributed by atoms with van der Waals surface area (Å²) in [4.78, 5) is 103. The van der Waals surface area contributed by atoms with Crippen LogP contribution in [-0.4, -0.2) is 162 Å². The fourth-order valence-corrected chi connectivity index (χ4v) is 9.61. The van der Waals surface area contributed by atoms with Gasteiger partial charge in [0.25, 0.3) is 17.7 Å². The predicted molar refractivity (Wildman–Crippen MR) is 290 cm³/mol. The van der Waals surface area contributed by atoms with Gasteiger partial charge in [-0.05, 0) is 102 Å². The average Bonchev–Trinajstić information content (AvgIpc) is 3.86. The predicted octanol–water partition coefficient (Wildman–Crippen LogP) is 3.65. The fraction of sp³-hybridized carbons (Fsp3) is 0.463. The number of aromatic nitrogens is 2. The number of aryl methyl sites for hydroxylation is 1. The van der Waals surface area contributed by atoms with Gasteiger partial charge in [0, 0.05) is 106 Å². The van der Waals surface area contributed by atoms with Crippen molar-refractivity contribution in [2.75, 3.05) is 101 Å². The number of imide groups is 2. The highest BCUT2D eigenvalue weighted by molar-refractivity contribution is 7.83. The quantitative estimate of drug-likeness (QED) is 0.0350. The van der Waals surface area contributed by atoms with Crippen molar-refractivity contribution >= 4 is 81.2 Å². The Hall–Kier alpha value is -7.38. The van der Waals surface area contributed by atoms with Crippen LogP contribution in [0.15, 0.2) is 77.8 Å². The Labute approximate surface area is 455 Å². The SMILES string of the molecule is Cc1cnc(Nc2ccc(N3CCN(C(=O)CCC(=O)NCCCOCCOCCOCCCNC(=O)COc4cccc5c4C(=O)N(C4CCC(=O)NC4=O)C5=O)CC3)cc2)nc1Nc1cccc(S(=O)NC(C)(C)C)c1. The van der Waals surface area contributed by atoms with Crippen LogP contribution in [0.25, 0.3) is 0 Å². The van der Waals surface area contributed by atoms with E-state index in [9.17, 15) is 37.8 Å². The second-order valence-corrected chi connectivity index (χ2v) is 20.9. The van der Waals surface area contributed by atoms with Gasteiger partial charge in [0.1, 0.15) is 28.6 Å². The zero-order valence-electron chi connectivity index (χ0n) is 44.5. The summed E-state index contributed by atoms with van der Waals surface area (Å²) in [5.74, 6) is -2.15. The van der Waals surface area contributed by atoms with Crippen LogP contribution in [-0.2, 0) is 49.2 Å². The van der Waals surface area contributed by atoms with Crippen LogP contribution in [0, 0.1) is 6.92 Å². The van der Waals surface area contributed by atoms with E-state index >= 15 is 0 Å². The maximum atomic E-state index is 13.2. The molecule has 0 spiro atoms. The third-order valence-corrected chi connectivity index (χ3v) is 14.0. The van der Waals surface area contributed by atoms with Crippen LogP contribution in [0.4, 0.5) is 28.8 Å². The summed E-state index contributed by atoms with van der Waals surface area (Å²) in [6.45, 7) is 12.9. The third-order valence-electron chi connectivity index (χ3n) is 12.5. The Kier molecular flexibility index (Phi) is 21.2. The number of rotatable bonds is 28. The summed E-state index contributed by atoms with van der Waals surface area (Å²) in [6.07, 6.45) is 3.16. The number of benzene rings is 3. The summed E-state index contributed by atoms with van der Waals surface area (Å²) in [5.41, 5.74) is 3.17. The highest BCUT2D eigenvalue weighted by Crippen LogP contribution is 2.34. The smallest absolute Gasteiger partial charge is 0.266 e. The largest absolute Gasteiger partial charge is 0.483 e. The molecule has 4 aromatic rings. The van der Waals surface area contributed by atoms with Gasteiger partial charge in [-0.2, -0.15) is 4.98 Å². The minimum atomic E-state index is -1.37. The van der Waals surface area contributed by atoms with Gasteiger partial charge < -0.3 is 50.0 Å². The number of hydrogen-bond acceptors (Lipinski definition) is 17. The van der Waals surface area contributed by atoms with E-state index in [1.165, 1.54) is 18.2 Å². The zero-order valence-corrected chi connectivity index (χ0v) is 45.3. The molecule has 78 heavy (non-hydrogen) atoms. The molecule has 7 rings (SSSR count). The number of hydrogen-bond donors (Lipinski definition) is 6. The van der Waals surface area contributed by atoms with Gasteiger partial charge in [-0.1, -0.05) is 12.1 Å². The zero-order chi connectivity index (χ0) is 55.6. The second-order valence-electron chi connectivity index (χ2n) is 19.7. The van der Waals surface area contributed by atoms with Gasteiger partial charge in [-0.25, -0.2) is 13.9 Å². The molecule has 2 saturated heterocycles. The van der Waals surface area contributed by atoms with E-state index in [4.69, 9.17) is 23.9 Å². The van der Waals surface area contributed by atoms with Crippen LogP contribution < -0.4 is 40.9 Å². The van der Waals surface area contributed by atoms with Crippen LogP contribution >= 0.6 is 0 Å². The van der Waals surface area contributed by atoms with Crippen molar-refractivity contribution in [2.45, 2.75) is 82.7 Å². The van der Waals surface area contributed by atoms with Crippen molar-refractivity contribution in [1.29, 1.82) is 0 Å². The summed E-state index contributed by atoms with van der Waals surface area (Å²) >= 11 is 0. The molecule has 23 nitrogen and oxygen atoms in total. The van der Waals surface area contributed by atoms with E-state index in [1.54, 1.807) is 6.20 Å². The molecule has 3 aliphatic rings. The minimum Gasteiger partial charge on any atom is -0.483 e. The average molecular weight is 1100 g/mol. The molecule has 24 heteroatoms. The Bertz CT molecular complexity index is 2800. The molecule has 3 aromatic carbocycles. The van der Waals surface area contributed by atoms with Crippen LogP contribution in [0.5, 0.6) is 5.75 Å². The maximum absolute atomic E-state index is 13.2. The van der Waals surface area contributed by atoms with Gasteiger partial charge in [0.15, 0.2) is 6.61 Å². The summed E-state index contributed by atoms with van der Waals surface area (Å²) in [6, 6.07) is 18.7. The second kappa shape index (κ2) is 28.3. The molecule has 2 fully saturated rings. The topological polar surface area (TPSA) is 281 Å². The number of nitrogens with one attached hydrogen (secondary N) is 6. The van der Waals surface area contributed by atoms with Crippen LogP contribution in [0.1, 0.15) is 85.6 Å². The fourth-order valence-electron chi connectivity index (χ4n) is 8.50. The molecule has 1 aromatic heterocycles. The highest BCUT2D eigenvalue weighted by atomic mass is 32.2. The number of piperazine rings is 1. The lowest BCUT2D eigenvalue weighted by Gasteiger charge is -2.36. The molecule has 4 heterocycles. The Morgan fingerprint density at radius 2 is 1.44 bits per heavy atom. The van der Waals surface area contributed by atoms with Gasteiger partial charge in [-0.3, -0.25) is 43.8 Å². The van der Waals surface area contributed by atoms with Crippen LogP contribution in [0.3, 0.4) is 0 Å². The minimum absolute atomic E-state index is 0.00228. The number of piperidine rings is 1. The van der Waals surface area contributed by atoms with Crippen molar-refractivity contribution in [2.24, 2.45) is 0 Å². The molecule has 2 atom stereocenters. The number of anilines is 5. The Morgan fingerprint density at radius 3 is 2.12 bits per heavy atom. The standard InChI is InChI=1S/C54H69N11O12S/c1-36-34-57-53(61-49(36)58-38-9-5-10-40(33-38)78(73)62-54(2,3)4)59-37-13-15-39(16-14-37)63-23-25-64(26-24-63)47(69)20-19-44(66)55-21-7-27-74-29-31-76-32-30-75-28-8-22-56-46(68)35-77-43-12-6-11-41-48(43)52(72)65(51(41)71)42-17-18-45(67)60-50(42)70/h5-6,9-16,33-34,42,62H,7-8,17-32,35H2,1-4H3,(H,55,66)(H,56,68)(H,60,67,70)(H2,57,58,59,61). The molecule has 7 amide bonds. The molecule has 6 N–H and O–H groups in total. The lowest BCUT2D eigenvalue weighted by molar-refractivity contribution is -0.136. The lowest BCUT2D eigenvalue weighted by Crippen LogP contribution is -2.54. The van der Waals surface area contributed by atoms with Crippen molar-refractivity contribution in [1.82, 2.24) is 40.4 Å². The summed E-state index contributed by atoms with van der Waals surface area (Å²) < 4.78 is 38.2. The highest BCUT2D eigenvalue weighted by Gasteiger charge is 2.46. The molecule has 2 unspecified atom stereocenters. The van der Waals surface area contributed by atoms with E-state index in [-0.39, 0.29) is 59.9 Å². The molecular formula is C54H69N11O12S.